The van der Waals surface area contributed by atoms with Crippen LogP contribution in [0.2, 0.25) is 0 Å². The number of rotatable bonds is 14. The lowest BCUT2D eigenvalue weighted by Gasteiger charge is -2.21. The van der Waals surface area contributed by atoms with Gasteiger partial charge < -0.3 is 26.1 Å². The van der Waals surface area contributed by atoms with Gasteiger partial charge in [0.2, 0.25) is 5.91 Å². The molecule has 0 bridgehead atoms. The van der Waals surface area contributed by atoms with Crippen molar-refractivity contribution < 1.29 is 24.6 Å². The van der Waals surface area contributed by atoms with Gasteiger partial charge in [-0.15, -0.1) is 0 Å². The van der Waals surface area contributed by atoms with Gasteiger partial charge in [0, 0.05) is 6.42 Å². The number of hydrogen-bond acceptors (Lipinski definition) is 4. The molecule has 0 aliphatic rings. The Morgan fingerprint density at radius 1 is 0.870 bits per heavy atom. The van der Waals surface area contributed by atoms with Gasteiger partial charge in [-0.3, -0.25) is 9.59 Å². The smallest absolute Gasteiger partial charge is 0.323 e. The van der Waals surface area contributed by atoms with Gasteiger partial charge in [0.25, 0.3) is 0 Å². The fraction of sp³-hybridized carbons (Fsp3) is 0.812. The summed E-state index contributed by atoms with van der Waals surface area (Å²) in [5.41, 5.74) is 0. The van der Waals surface area contributed by atoms with Crippen LogP contribution in [0.4, 0.5) is 0 Å². The first-order valence-electron chi connectivity index (χ1n) is 8.16. The number of carboxylic acids is 2. The Morgan fingerprint density at radius 3 is 1.78 bits per heavy atom. The number of hydrogen-bond donors (Lipinski definition) is 2. The molecule has 0 rings (SSSR count). The lowest BCUT2D eigenvalue weighted by Crippen LogP contribution is -2.43. The molecule has 0 atom stereocenters. The summed E-state index contributed by atoms with van der Waals surface area (Å²) >= 11 is 0. The molecule has 136 valence electrons. The molecule has 7 heteroatoms. The molecule has 1 amide bonds. The van der Waals surface area contributed by atoms with Gasteiger partial charge >= 0.3 is 5.97 Å². The summed E-state index contributed by atoms with van der Waals surface area (Å²) in [4.78, 5) is 33.7. The lowest BCUT2D eigenvalue weighted by atomic mass is 10.1. The van der Waals surface area contributed by atoms with Crippen LogP contribution in [0, 0.1) is 0 Å². The predicted molar refractivity (Wildman–Crippen MR) is 87.1 cm³/mol. The molecule has 0 spiro atoms. The fourth-order valence-corrected chi connectivity index (χ4v) is 2.30. The van der Waals surface area contributed by atoms with E-state index >= 15 is 0 Å². The topological polar surface area (TPSA) is 134 Å². The van der Waals surface area contributed by atoms with Crippen molar-refractivity contribution in [1.82, 2.24) is 11.1 Å². The molecule has 0 aromatic carbocycles. The minimum Gasteiger partial charge on any atom is -0.548 e. The SMILES string of the molecule is CCCCCCCCCCCC(=O)N(CC(=O)[O-])CC(=O)O.[NH4+]. The molecule has 23 heavy (non-hydrogen) atoms. The number of carbonyl (C=O) groups is 3. The number of carbonyl (C=O) groups excluding carboxylic acids is 2. The molecule has 0 radical (unpaired) electrons. The second-order valence-electron chi connectivity index (χ2n) is 5.59. The number of quaternary nitrogens is 1. The number of unbranched alkanes of at least 4 members (excludes halogenated alkanes) is 8. The molecule has 0 fully saturated rings. The minimum absolute atomic E-state index is 0. The van der Waals surface area contributed by atoms with E-state index in [-0.39, 0.29) is 12.6 Å². The minimum atomic E-state index is -1.44. The van der Waals surface area contributed by atoms with Crippen molar-refractivity contribution in [2.45, 2.75) is 71.1 Å². The average Bonchev–Trinajstić information content (AvgIpc) is 2.43. The summed E-state index contributed by atoms with van der Waals surface area (Å²) in [6.07, 6.45) is 10.2. The maximum absolute atomic E-state index is 11.8. The van der Waals surface area contributed by atoms with Crippen molar-refractivity contribution in [2.75, 3.05) is 13.1 Å². The normalized spacial score (nSPS) is 9.96. The summed E-state index contributed by atoms with van der Waals surface area (Å²) in [5.74, 6) is -3.10. The van der Waals surface area contributed by atoms with E-state index in [0.717, 1.165) is 24.2 Å². The molecular formula is C16H32N2O5. The van der Waals surface area contributed by atoms with Crippen LogP contribution in [0.5, 0.6) is 0 Å². The molecular weight excluding hydrogens is 300 g/mol. The summed E-state index contributed by atoms with van der Waals surface area (Å²) in [6, 6.07) is 0. The Labute approximate surface area is 138 Å². The third-order valence-electron chi connectivity index (χ3n) is 3.49. The zero-order chi connectivity index (χ0) is 16.8. The van der Waals surface area contributed by atoms with Crippen LogP contribution in [-0.4, -0.2) is 40.9 Å². The van der Waals surface area contributed by atoms with Crippen molar-refractivity contribution in [1.29, 1.82) is 0 Å². The molecule has 0 aliphatic carbocycles. The van der Waals surface area contributed by atoms with E-state index in [1.54, 1.807) is 0 Å². The summed E-state index contributed by atoms with van der Waals surface area (Å²) in [6.45, 7) is 0.928. The van der Waals surface area contributed by atoms with E-state index in [9.17, 15) is 19.5 Å². The maximum atomic E-state index is 11.8. The van der Waals surface area contributed by atoms with E-state index in [1.165, 1.54) is 32.1 Å². The molecule has 5 N–H and O–H groups in total. The monoisotopic (exact) mass is 332 g/mol. The molecule has 0 aromatic heterocycles. The van der Waals surface area contributed by atoms with Crippen molar-refractivity contribution >= 4 is 17.8 Å². The second-order valence-corrected chi connectivity index (χ2v) is 5.59. The van der Waals surface area contributed by atoms with Crippen LogP contribution < -0.4 is 11.3 Å². The Balaban J connectivity index is 0. The van der Waals surface area contributed by atoms with Gasteiger partial charge in [0.15, 0.2) is 0 Å². The van der Waals surface area contributed by atoms with Crippen LogP contribution in [0.15, 0.2) is 0 Å². The number of nitrogens with zero attached hydrogens (tertiary/aromatic N) is 1. The van der Waals surface area contributed by atoms with Crippen molar-refractivity contribution in [3.8, 4) is 0 Å². The highest BCUT2D eigenvalue weighted by Crippen LogP contribution is 2.11. The van der Waals surface area contributed by atoms with E-state index < -0.39 is 30.9 Å². The van der Waals surface area contributed by atoms with Crippen LogP contribution in [-0.2, 0) is 14.4 Å². The average molecular weight is 332 g/mol. The van der Waals surface area contributed by atoms with E-state index in [4.69, 9.17) is 5.11 Å². The first kappa shape index (κ1) is 23.6. The van der Waals surface area contributed by atoms with Crippen LogP contribution >= 0.6 is 0 Å². The number of amides is 1. The first-order valence-corrected chi connectivity index (χ1v) is 8.16. The van der Waals surface area contributed by atoms with Crippen molar-refractivity contribution in [3.05, 3.63) is 0 Å². The Kier molecular flexibility index (Phi) is 15.7. The van der Waals surface area contributed by atoms with Gasteiger partial charge in [-0.25, -0.2) is 0 Å². The van der Waals surface area contributed by atoms with Gasteiger partial charge in [0.05, 0.1) is 12.5 Å². The maximum Gasteiger partial charge on any atom is 0.323 e. The molecule has 0 saturated heterocycles. The molecule has 0 aliphatic heterocycles. The van der Waals surface area contributed by atoms with Gasteiger partial charge in [-0.05, 0) is 6.42 Å². The molecule has 0 saturated carbocycles. The van der Waals surface area contributed by atoms with Crippen LogP contribution in [0.3, 0.4) is 0 Å². The van der Waals surface area contributed by atoms with Gasteiger partial charge in [-0.2, -0.15) is 0 Å². The third kappa shape index (κ3) is 15.1. The quantitative estimate of drug-likeness (QED) is 0.469. The summed E-state index contributed by atoms with van der Waals surface area (Å²) in [7, 11) is 0. The second kappa shape index (κ2) is 15.3. The van der Waals surface area contributed by atoms with Crippen LogP contribution in [0.25, 0.3) is 0 Å². The summed E-state index contributed by atoms with van der Waals surface area (Å²) < 4.78 is 0. The highest BCUT2D eigenvalue weighted by Gasteiger charge is 2.16. The highest BCUT2D eigenvalue weighted by atomic mass is 16.4. The van der Waals surface area contributed by atoms with Crippen molar-refractivity contribution in [3.63, 3.8) is 0 Å². The Hall–Kier alpha value is -1.63. The third-order valence-corrected chi connectivity index (χ3v) is 3.49. The Morgan fingerprint density at radius 2 is 1.35 bits per heavy atom. The number of carboxylic acid groups (broad SMARTS) is 2. The molecule has 0 heterocycles. The molecule has 0 unspecified atom stereocenters. The van der Waals surface area contributed by atoms with E-state index in [2.05, 4.69) is 6.92 Å². The van der Waals surface area contributed by atoms with Gasteiger partial charge in [0.1, 0.15) is 6.54 Å². The van der Waals surface area contributed by atoms with E-state index in [0.29, 0.717) is 6.42 Å². The van der Waals surface area contributed by atoms with Gasteiger partial charge in [-0.1, -0.05) is 58.3 Å². The van der Waals surface area contributed by atoms with E-state index in [1.807, 2.05) is 0 Å². The van der Waals surface area contributed by atoms with Crippen LogP contribution in [0.1, 0.15) is 71.1 Å². The zero-order valence-electron chi connectivity index (χ0n) is 14.5. The highest BCUT2D eigenvalue weighted by molar-refractivity contribution is 5.84. The largest absolute Gasteiger partial charge is 0.548 e. The predicted octanol–water partition coefficient (Wildman–Crippen LogP) is 1.95. The first-order chi connectivity index (χ1) is 10.5. The summed E-state index contributed by atoms with van der Waals surface area (Å²) in [5, 5.41) is 19.2. The van der Waals surface area contributed by atoms with Crippen molar-refractivity contribution in [2.24, 2.45) is 0 Å². The Bertz CT molecular complexity index is 331. The number of aliphatic carboxylic acids is 2. The standard InChI is InChI=1S/C16H29NO5.H3N/c1-2-3-4-5-6-7-8-9-10-11-14(18)17(12-15(19)20)13-16(21)22;/h2-13H2,1H3,(H,19,20)(H,21,22);1H3. The molecule has 0 aromatic rings. The fourth-order valence-electron chi connectivity index (χ4n) is 2.30. The lowest BCUT2D eigenvalue weighted by molar-refractivity contribution is -0.306. The zero-order valence-corrected chi connectivity index (χ0v) is 14.5. The molecule has 7 nitrogen and oxygen atoms in total.